The molecule has 42 heavy (non-hydrogen) atoms. The molecular weight excluding hydrogens is 516 g/mol. The molecular formula is C38H36N2O2. The highest BCUT2D eigenvalue weighted by Crippen LogP contribution is 2.52. The second-order valence-corrected chi connectivity index (χ2v) is 12.8. The Kier molecular flexibility index (Phi) is 5.85. The van der Waals surface area contributed by atoms with E-state index in [0.717, 1.165) is 42.0 Å². The molecule has 0 unspecified atom stereocenters. The van der Waals surface area contributed by atoms with Crippen LogP contribution >= 0.6 is 0 Å². The van der Waals surface area contributed by atoms with Gasteiger partial charge in [0.25, 0.3) is 0 Å². The van der Waals surface area contributed by atoms with Gasteiger partial charge in [0, 0.05) is 28.8 Å². The average Bonchev–Trinajstić information content (AvgIpc) is 3.38. The molecule has 0 spiro atoms. The number of Topliss-reactive ketones (excluding diaryl/α,β-unsaturated/α-hetero) is 1. The Morgan fingerprint density at radius 3 is 2.12 bits per heavy atom. The molecule has 0 aromatic heterocycles. The maximum absolute atomic E-state index is 13.7. The zero-order valence-electron chi connectivity index (χ0n) is 25.0. The summed E-state index contributed by atoms with van der Waals surface area (Å²) in [5.74, 6) is -0.0785. The Labute approximate surface area is 247 Å². The molecule has 4 aromatic carbocycles. The number of fused-ring (bicyclic) bond motifs is 6. The maximum Gasteiger partial charge on any atom is 0.200 e. The molecule has 3 aliphatic rings. The number of aliphatic imine (C=N–C) groups is 1. The van der Waals surface area contributed by atoms with Crippen molar-refractivity contribution in [1.29, 1.82) is 0 Å². The van der Waals surface area contributed by atoms with Gasteiger partial charge in [0.2, 0.25) is 5.78 Å². The van der Waals surface area contributed by atoms with Crippen LogP contribution in [0.2, 0.25) is 0 Å². The van der Waals surface area contributed by atoms with Gasteiger partial charge in [-0.25, -0.2) is 0 Å². The molecule has 0 radical (unpaired) electrons. The van der Waals surface area contributed by atoms with E-state index in [9.17, 15) is 9.90 Å². The number of benzene rings is 4. The lowest BCUT2D eigenvalue weighted by atomic mass is 9.76. The van der Waals surface area contributed by atoms with Crippen molar-refractivity contribution in [3.05, 3.63) is 119 Å². The van der Waals surface area contributed by atoms with Gasteiger partial charge in [-0.15, -0.1) is 0 Å². The zero-order valence-corrected chi connectivity index (χ0v) is 25.0. The van der Waals surface area contributed by atoms with Crippen LogP contribution in [0.25, 0.3) is 21.5 Å². The molecule has 0 atom stereocenters. The lowest BCUT2D eigenvalue weighted by Crippen LogP contribution is -2.31. The number of unbranched alkanes of at least 4 members (excludes halogenated alkanes) is 1. The Morgan fingerprint density at radius 2 is 1.45 bits per heavy atom. The molecule has 0 amide bonds. The van der Waals surface area contributed by atoms with Gasteiger partial charge in [-0.1, -0.05) is 102 Å². The number of carbonyl (C=O) groups excluding carboxylic acids is 1. The standard InChI is InChI=1S/C38H36N2O2/c1-6-7-20-40-30-19-17-24-13-9-11-15-26(24)34(30)38(4,5)32(40)22-28-35(41)27(36(28)42)21-31-37(2,3)33-25-14-10-8-12-23(25)16-18-29(33)39-31/h8-19,21-22,41H,6-7,20H2,1-5H3/b27-21?,32-22+. The normalized spacial score (nSPS) is 20.5. The first-order valence-electron chi connectivity index (χ1n) is 15.0. The predicted octanol–water partition coefficient (Wildman–Crippen LogP) is 9.16. The van der Waals surface area contributed by atoms with Crippen LogP contribution in [0, 0.1) is 0 Å². The first kappa shape index (κ1) is 26.5. The van der Waals surface area contributed by atoms with Crippen LogP contribution in [-0.2, 0) is 15.6 Å². The van der Waals surface area contributed by atoms with Gasteiger partial charge in [-0.05, 0) is 63.4 Å². The lowest BCUT2D eigenvalue weighted by Gasteiger charge is -2.29. The number of aliphatic hydroxyl groups excluding tert-OH is 1. The average molecular weight is 553 g/mol. The Hall–Kier alpha value is -4.44. The number of hydrogen-bond donors (Lipinski definition) is 1. The largest absolute Gasteiger partial charge is 0.506 e. The van der Waals surface area contributed by atoms with E-state index in [2.05, 4.69) is 94.1 Å². The number of hydrogen-bond acceptors (Lipinski definition) is 4. The molecule has 4 heteroatoms. The summed E-state index contributed by atoms with van der Waals surface area (Å²) in [6.07, 6.45) is 5.84. The molecule has 4 aromatic rings. The fourth-order valence-corrected chi connectivity index (χ4v) is 7.16. The van der Waals surface area contributed by atoms with E-state index in [-0.39, 0.29) is 17.0 Å². The second kappa shape index (κ2) is 9.29. The molecule has 1 aliphatic carbocycles. The van der Waals surface area contributed by atoms with Gasteiger partial charge in [0.15, 0.2) is 0 Å². The van der Waals surface area contributed by atoms with Crippen LogP contribution in [0.15, 0.2) is 113 Å². The van der Waals surface area contributed by atoms with Crippen molar-refractivity contribution in [2.75, 3.05) is 11.4 Å². The van der Waals surface area contributed by atoms with Crippen LogP contribution in [0.4, 0.5) is 11.4 Å². The first-order valence-corrected chi connectivity index (χ1v) is 15.0. The Balaban J connectivity index is 1.29. The zero-order chi connectivity index (χ0) is 29.4. The van der Waals surface area contributed by atoms with Gasteiger partial charge >= 0.3 is 0 Å². The van der Waals surface area contributed by atoms with E-state index in [4.69, 9.17) is 4.99 Å². The minimum atomic E-state index is -0.398. The molecule has 0 saturated carbocycles. The third-order valence-corrected chi connectivity index (χ3v) is 9.46. The van der Waals surface area contributed by atoms with Crippen LogP contribution in [0.1, 0.15) is 58.6 Å². The summed E-state index contributed by atoms with van der Waals surface area (Å²) in [5, 5.41) is 16.1. The molecule has 7 rings (SSSR count). The highest BCUT2D eigenvalue weighted by molar-refractivity contribution is 6.25. The molecule has 2 heterocycles. The summed E-state index contributed by atoms with van der Waals surface area (Å²) >= 11 is 0. The highest BCUT2D eigenvalue weighted by Gasteiger charge is 2.44. The number of anilines is 1. The topological polar surface area (TPSA) is 52.9 Å². The minimum absolute atomic E-state index is 0.0545. The van der Waals surface area contributed by atoms with Crippen molar-refractivity contribution < 1.29 is 9.90 Å². The molecule has 0 bridgehead atoms. The van der Waals surface area contributed by atoms with Gasteiger partial charge < -0.3 is 10.0 Å². The number of rotatable bonds is 5. The van der Waals surface area contributed by atoms with Crippen molar-refractivity contribution in [2.24, 2.45) is 4.99 Å². The Morgan fingerprint density at radius 1 is 0.810 bits per heavy atom. The lowest BCUT2D eigenvalue weighted by molar-refractivity contribution is -0.113. The van der Waals surface area contributed by atoms with E-state index in [1.807, 2.05) is 24.3 Å². The van der Waals surface area contributed by atoms with E-state index in [0.29, 0.717) is 11.1 Å². The number of carbonyl (C=O) groups is 1. The number of aliphatic hydroxyl groups is 1. The summed E-state index contributed by atoms with van der Waals surface area (Å²) in [4.78, 5) is 20.9. The quantitative estimate of drug-likeness (QED) is 0.251. The smallest absolute Gasteiger partial charge is 0.200 e. The summed E-state index contributed by atoms with van der Waals surface area (Å²) in [6.45, 7) is 11.8. The Bertz CT molecular complexity index is 1950. The summed E-state index contributed by atoms with van der Waals surface area (Å²) in [7, 11) is 0. The van der Waals surface area contributed by atoms with Crippen LogP contribution in [-0.4, -0.2) is 23.1 Å². The van der Waals surface area contributed by atoms with Crippen LogP contribution in [0.5, 0.6) is 0 Å². The number of nitrogens with zero attached hydrogens (tertiary/aromatic N) is 2. The highest BCUT2D eigenvalue weighted by atomic mass is 16.3. The van der Waals surface area contributed by atoms with Crippen LogP contribution < -0.4 is 4.90 Å². The fraction of sp³-hybridized carbons (Fsp3) is 0.263. The maximum atomic E-state index is 13.7. The summed E-state index contributed by atoms with van der Waals surface area (Å²) in [5.41, 5.74) is 6.37. The van der Waals surface area contributed by atoms with Gasteiger partial charge in [-0.2, -0.15) is 0 Å². The van der Waals surface area contributed by atoms with Crippen LogP contribution in [0.3, 0.4) is 0 Å². The van der Waals surface area contributed by atoms with E-state index >= 15 is 0 Å². The summed E-state index contributed by atoms with van der Waals surface area (Å²) in [6, 6.07) is 25.4. The van der Waals surface area contributed by atoms with Gasteiger partial charge in [-0.3, -0.25) is 9.79 Å². The monoisotopic (exact) mass is 552 g/mol. The van der Waals surface area contributed by atoms with Gasteiger partial charge in [0.05, 0.1) is 22.5 Å². The predicted molar refractivity (Wildman–Crippen MR) is 174 cm³/mol. The molecule has 0 fully saturated rings. The van der Waals surface area contributed by atoms with Crippen molar-refractivity contribution in [3.8, 4) is 0 Å². The molecule has 0 saturated heterocycles. The van der Waals surface area contributed by atoms with Crippen molar-refractivity contribution in [1.82, 2.24) is 0 Å². The minimum Gasteiger partial charge on any atom is -0.506 e. The van der Waals surface area contributed by atoms with Crippen molar-refractivity contribution >= 4 is 44.4 Å². The van der Waals surface area contributed by atoms with E-state index in [1.54, 1.807) is 6.08 Å². The van der Waals surface area contributed by atoms with E-state index < -0.39 is 5.41 Å². The third kappa shape index (κ3) is 3.67. The molecule has 210 valence electrons. The summed E-state index contributed by atoms with van der Waals surface area (Å²) < 4.78 is 0. The van der Waals surface area contributed by atoms with Gasteiger partial charge in [0.1, 0.15) is 5.76 Å². The fourth-order valence-electron chi connectivity index (χ4n) is 7.16. The second-order valence-electron chi connectivity index (χ2n) is 12.8. The molecule has 2 aliphatic heterocycles. The van der Waals surface area contributed by atoms with E-state index in [1.165, 1.54) is 32.8 Å². The number of allylic oxidation sites excluding steroid dienone is 5. The number of ketones is 1. The third-order valence-electron chi connectivity index (χ3n) is 9.46. The first-order chi connectivity index (χ1) is 20.1. The molecule has 1 N–H and O–H groups in total. The van der Waals surface area contributed by atoms with Crippen molar-refractivity contribution in [3.63, 3.8) is 0 Å². The SMILES string of the molecule is CCCCN1/C(=C/C2=C(O)C(=CC3=Nc4ccc5ccccc5c4C3(C)C)C2=O)C(C)(C)c2c1ccc1ccccc21. The molecule has 4 nitrogen and oxygen atoms in total. The van der Waals surface area contributed by atoms with Crippen molar-refractivity contribution in [2.45, 2.75) is 58.3 Å².